The zero-order valence-corrected chi connectivity index (χ0v) is 10.5. The van der Waals surface area contributed by atoms with Gasteiger partial charge in [-0.25, -0.2) is 4.39 Å². The summed E-state index contributed by atoms with van der Waals surface area (Å²) < 4.78 is 18.7. The summed E-state index contributed by atoms with van der Waals surface area (Å²) in [7, 11) is 0. The molecule has 3 nitrogen and oxygen atoms in total. The summed E-state index contributed by atoms with van der Waals surface area (Å²) in [5, 5.41) is 8.74. The Labute approximate surface area is 111 Å². The number of benzene rings is 2. The molecule has 0 unspecified atom stereocenters. The molecule has 0 atom stereocenters. The smallest absolute Gasteiger partial charge is 0.142 e. The normalized spacial score (nSPS) is 9.95. The molecule has 0 saturated heterocycles. The van der Waals surface area contributed by atoms with Crippen molar-refractivity contribution in [1.82, 2.24) is 0 Å². The molecule has 0 aromatic heterocycles. The quantitative estimate of drug-likeness (QED) is 0.858. The van der Waals surface area contributed by atoms with E-state index in [0.29, 0.717) is 17.0 Å². The molecule has 2 aromatic carbocycles. The monoisotopic (exact) mass is 256 g/mol. The van der Waals surface area contributed by atoms with Crippen molar-refractivity contribution in [2.45, 2.75) is 13.5 Å². The van der Waals surface area contributed by atoms with Gasteiger partial charge < -0.3 is 10.5 Å². The van der Waals surface area contributed by atoms with E-state index in [0.717, 1.165) is 11.1 Å². The molecule has 19 heavy (non-hydrogen) atoms. The van der Waals surface area contributed by atoms with Crippen LogP contribution in [0, 0.1) is 24.1 Å². The van der Waals surface area contributed by atoms with Crippen LogP contribution in [-0.2, 0) is 6.61 Å². The predicted octanol–water partition coefficient (Wildman–Crippen LogP) is 3.17. The molecule has 0 heterocycles. The number of ether oxygens (including phenoxy) is 1. The summed E-state index contributed by atoms with van der Waals surface area (Å²) in [6.07, 6.45) is 0. The van der Waals surface area contributed by atoms with Crippen LogP contribution in [0.5, 0.6) is 5.75 Å². The molecule has 0 aliphatic carbocycles. The molecule has 96 valence electrons. The van der Waals surface area contributed by atoms with E-state index in [-0.39, 0.29) is 12.4 Å². The highest BCUT2D eigenvalue weighted by molar-refractivity contribution is 5.56. The van der Waals surface area contributed by atoms with E-state index in [2.05, 4.69) is 0 Å². The Morgan fingerprint density at radius 3 is 2.74 bits per heavy atom. The number of rotatable bonds is 3. The molecule has 0 fully saturated rings. The summed E-state index contributed by atoms with van der Waals surface area (Å²) in [6.45, 7) is 2.12. The highest BCUT2D eigenvalue weighted by Gasteiger charge is 2.05. The number of hydrogen-bond acceptors (Lipinski definition) is 3. The molecule has 2 aromatic rings. The van der Waals surface area contributed by atoms with Crippen LogP contribution in [0.4, 0.5) is 10.1 Å². The van der Waals surface area contributed by atoms with Crippen molar-refractivity contribution in [1.29, 1.82) is 5.26 Å². The minimum atomic E-state index is -0.294. The highest BCUT2D eigenvalue weighted by atomic mass is 19.1. The Bertz CT molecular complexity index is 647. The van der Waals surface area contributed by atoms with Gasteiger partial charge in [-0.05, 0) is 48.4 Å². The number of nitrogens with zero attached hydrogens (tertiary/aromatic N) is 1. The van der Waals surface area contributed by atoms with Crippen LogP contribution in [0.15, 0.2) is 36.4 Å². The summed E-state index contributed by atoms with van der Waals surface area (Å²) >= 11 is 0. The SMILES string of the molecule is Cc1ccc(F)cc1COc1ccc(C#N)cc1N. The molecular weight excluding hydrogens is 243 g/mol. The van der Waals surface area contributed by atoms with E-state index in [1.165, 1.54) is 12.1 Å². The predicted molar refractivity (Wildman–Crippen MR) is 71.0 cm³/mol. The molecular formula is C15H13FN2O. The largest absolute Gasteiger partial charge is 0.487 e. The van der Waals surface area contributed by atoms with Crippen molar-refractivity contribution in [3.63, 3.8) is 0 Å². The van der Waals surface area contributed by atoms with E-state index in [4.69, 9.17) is 15.7 Å². The Hall–Kier alpha value is -2.54. The van der Waals surface area contributed by atoms with E-state index in [1.54, 1.807) is 24.3 Å². The minimum absolute atomic E-state index is 0.236. The summed E-state index contributed by atoms with van der Waals surface area (Å²) in [4.78, 5) is 0. The molecule has 0 radical (unpaired) electrons. The third-order valence-corrected chi connectivity index (χ3v) is 2.83. The first kappa shape index (κ1) is 12.9. The maximum atomic E-state index is 13.1. The number of nitrogens with two attached hydrogens (primary N) is 1. The van der Waals surface area contributed by atoms with Crippen molar-refractivity contribution in [3.8, 4) is 11.8 Å². The lowest BCUT2D eigenvalue weighted by Crippen LogP contribution is -2.01. The summed E-state index contributed by atoms with van der Waals surface area (Å²) in [5.74, 6) is 0.194. The van der Waals surface area contributed by atoms with Gasteiger partial charge in [0.05, 0.1) is 17.3 Å². The second-order valence-corrected chi connectivity index (χ2v) is 4.22. The van der Waals surface area contributed by atoms with Crippen LogP contribution < -0.4 is 10.5 Å². The van der Waals surface area contributed by atoms with Gasteiger partial charge in [0, 0.05) is 0 Å². The van der Waals surface area contributed by atoms with Crippen molar-refractivity contribution < 1.29 is 9.13 Å². The summed E-state index contributed by atoms with van der Waals surface area (Å²) in [5.41, 5.74) is 8.37. The fraction of sp³-hybridized carbons (Fsp3) is 0.133. The third kappa shape index (κ3) is 3.02. The lowest BCUT2D eigenvalue weighted by atomic mass is 10.1. The fourth-order valence-electron chi connectivity index (χ4n) is 1.70. The number of aryl methyl sites for hydroxylation is 1. The first-order valence-electron chi connectivity index (χ1n) is 5.77. The highest BCUT2D eigenvalue weighted by Crippen LogP contribution is 2.24. The number of halogens is 1. The van der Waals surface area contributed by atoms with Gasteiger partial charge in [0.1, 0.15) is 18.2 Å². The first-order valence-corrected chi connectivity index (χ1v) is 5.77. The number of hydrogen-bond donors (Lipinski definition) is 1. The lowest BCUT2D eigenvalue weighted by Gasteiger charge is -2.11. The van der Waals surface area contributed by atoms with Crippen LogP contribution in [0.25, 0.3) is 0 Å². The molecule has 2 N–H and O–H groups in total. The second kappa shape index (κ2) is 5.40. The molecule has 0 saturated carbocycles. The Kier molecular flexibility index (Phi) is 3.67. The van der Waals surface area contributed by atoms with Gasteiger partial charge in [-0.3, -0.25) is 0 Å². The van der Waals surface area contributed by atoms with E-state index in [9.17, 15) is 4.39 Å². The van der Waals surface area contributed by atoms with Gasteiger partial charge in [0.15, 0.2) is 0 Å². The van der Waals surface area contributed by atoms with Crippen LogP contribution in [0.2, 0.25) is 0 Å². The van der Waals surface area contributed by atoms with Gasteiger partial charge >= 0.3 is 0 Å². The summed E-state index contributed by atoms with van der Waals surface area (Å²) in [6, 6.07) is 11.4. The topological polar surface area (TPSA) is 59.0 Å². The molecule has 0 spiro atoms. The number of nitrogen functional groups attached to an aromatic ring is 1. The van der Waals surface area contributed by atoms with Crippen molar-refractivity contribution in [3.05, 3.63) is 58.9 Å². The maximum Gasteiger partial charge on any atom is 0.142 e. The zero-order valence-electron chi connectivity index (χ0n) is 10.5. The second-order valence-electron chi connectivity index (χ2n) is 4.22. The average molecular weight is 256 g/mol. The van der Waals surface area contributed by atoms with Crippen LogP contribution in [0.1, 0.15) is 16.7 Å². The Morgan fingerprint density at radius 1 is 1.26 bits per heavy atom. The number of nitriles is 1. The zero-order chi connectivity index (χ0) is 13.8. The van der Waals surface area contributed by atoms with Gasteiger partial charge in [0.25, 0.3) is 0 Å². The molecule has 0 bridgehead atoms. The third-order valence-electron chi connectivity index (χ3n) is 2.83. The van der Waals surface area contributed by atoms with E-state index < -0.39 is 0 Å². The van der Waals surface area contributed by atoms with Crippen molar-refractivity contribution >= 4 is 5.69 Å². The fourth-order valence-corrected chi connectivity index (χ4v) is 1.70. The van der Waals surface area contributed by atoms with E-state index in [1.807, 2.05) is 13.0 Å². The maximum absolute atomic E-state index is 13.1. The molecule has 0 aliphatic heterocycles. The lowest BCUT2D eigenvalue weighted by molar-refractivity contribution is 0.306. The van der Waals surface area contributed by atoms with Gasteiger partial charge in [-0.1, -0.05) is 6.07 Å². The molecule has 0 amide bonds. The van der Waals surface area contributed by atoms with Gasteiger partial charge in [0.2, 0.25) is 0 Å². The average Bonchev–Trinajstić information content (AvgIpc) is 2.40. The molecule has 2 rings (SSSR count). The van der Waals surface area contributed by atoms with Crippen molar-refractivity contribution in [2.24, 2.45) is 0 Å². The van der Waals surface area contributed by atoms with Gasteiger partial charge in [-0.2, -0.15) is 5.26 Å². The Balaban J connectivity index is 2.15. The van der Waals surface area contributed by atoms with Crippen LogP contribution in [-0.4, -0.2) is 0 Å². The van der Waals surface area contributed by atoms with Crippen LogP contribution >= 0.6 is 0 Å². The van der Waals surface area contributed by atoms with Crippen LogP contribution in [0.3, 0.4) is 0 Å². The molecule has 0 aliphatic rings. The van der Waals surface area contributed by atoms with E-state index >= 15 is 0 Å². The molecule has 4 heteroatoms. The minimum Gasteiger partial charge on any atom is -0.487 e. The number of anilines is 1. The van der Waals surface area contributed by atoms with Gasteiger partial charge in [-0.15, -0.1) is 0 Å². The van der Waals surface area contributed by atoms with Crippen molar-refractivity contribution in [2.75, 3.05) is 5.73 Å². The standard InChI is InChI=1S/C15H13FN2O/c1-10-2-4-13(16)7-12(10)9-19-15-5-3-11(8-17)6-14(15)18/h2-7H,9,18H2,1H3. The first-order chi connectivity index (χ1) is 9.10. The Morgan fingerprint density at radius 2 is 2.05 bits per heavy atom.